The van der Waals surface area contributed by atoms with Crippen molar-refractivity contribution in [2.24, 2.45) is 0 Å². The molecule has 0 aromatic carbocycles. The van der Waals surface area contributed by atoms with Gasteiger partial charge in [0.15, 0.2) is 0 Å². The molecule has 0 N–H and O–H groups in total. The van der Waals surface area contributed by atoms with Gasteiger partial charge in [0.1, 0.15) is 0 Å². The topological polar surface area (TPSA) is 190 Å². The Bertz CT molecular complexity index is 116. The van der Waals surface area contributed by atoms with Crippen LogP contribution in [0.3, 0.4) is 0 Å². The average Bonchev–Trinajstić information content (AvgIpc) is 1.54. The van der Waals surface area contributed by atoms with Gasteiger partial charge >= 0.3 is 39.0 Å². The van der Waals surface area contributed by atoms with Crippen LogP contribution >= 0.6 is 24.8 Å². The Morgan fingerprint density at radius 2 is 0.500 bits per heavy atom. The molecular weight excluding hydrogens is 443 g/mol. The second-order valence-electron chi connectivity index (χ2n) is 0.750. The van der Waals surface area contributed by atoms with E-state index in [1.807, 2.05) is 0 Å². The largest absolute Gasteiger partial charge is 3.00 e. The molecule has 0 rings (SSSR count). The summed E-state index contributed by atoms with van der Waals surface area (Å²) in [4.78, 5) is 51.1. The van der Waals surface area contributed by atoms with Crippen LogP contribution in [0.4, 0.5) is 0 Å². The molecule has 0 radical (unpaired) electrons. The Hall–Kier alpha value is 1.70. The molecule has 0 aliphatic carbocycles. The van der Waals surface area contributed by atoms with Crippen LogP contribution in [0.5, 0.6) is 0 Å². The van der Waals surface area contributed by atoms with Crippen molar-refractivity contribution in [2.45, 2.75) is 0 Å². The van der Waals surface area contributed by atoms with Gasteiger partial charge in [0.2, 0.25) is 0 Å². The maximum atomic E-state index is 8.52. The van der Waals surface area contributed by atoms with E-state index in [1.54, 1.807) is 0 Å². The molecule has 0 aromatic rings. The summed E-state index contributed by atoms with van der Waals surface area (Å²) in [6.07, 6.45) is 0. The summed E-state index contributed by atoms with van der Waals surface area (Å²) in [6.45, 7) is 0. The van der Waals surface area contributed by atoms with Crippen LogP contribution in [-0.4, -0.2) is 0 Å². The van der Waals surface area contributed by atoms with Gasteiger partial charge in [-0.1, -0.05) is 24.8 Å². The van der Waals surface area contributed by atoms with E-state index < -0.39 is 24.8 Å². The molecule has 0 aliphatic heterocycles. The molecule has 0 aliphatic rings. The molecule has 0 atom stereocenters. The zero-order chi connectivity index (χ0) is 10.7. The van der Waals surface area contributed by atoms with Gasteiger partial charge in [-0.25, -0.2) is 0 Å². The van der Waals surface area contributed by atoms with Crippen molar-refractivity contribution in [1.29, 1.82) is 0 Å². The zero-order valence-electron chi connectivity index (χ0n) is 5.84. The molecule has 0 heterocycles. The Kier molecular flexibility index (Phi) is 51.0. The monoisotopic (exact) mass is 446 g/mol. The second kappa shape index (κ2) is 24.1. The van der Waals surface area contributed by atoms with Crippen LogP contribution in [0.2, 0.25) is 0 Å². The van der Waals surface area contributed by atoms with Gasteiger partial charge in [0.25, 0.3) is 0 Å². The fourth-order valence-corrected chi connectivity index (χ4v) is 0. The molecule has 0 fully saturated rings. The molecule has 0 bridgehead atoms. The number of hydrogen-bond donors (Lipinski definition) is 0. The molecular formula is H3O9P3Rh2. The maximum Gasteiger partial charge on any atom is 3.00 e. The van der Waals surface area contributed by atoms with Crippen LogP contribution in [-0.2, 0) is 52.7 Å². The summed E-state index contributed by atoms with van der Waals surface area (Å²) in [6, 6.07) is 0. The molecule has 0 saturated carbocycles. The van der Waals surface area contributed by atoms with E-state index in [9.17, 15) is 0 Å². The van der Waals surface area contributed by atoms with Crippen molar-refractivity contribution in [3.63, 3.8) is 0 Å². The van der Waals surface area contributed by atoms with Crippen LogP contribution < -0.4 is 29.4 Å². The van der Waals surface area contributed by atoms with Crippen LogP contribution in [0.15, 0.2) is 0 Å². The first-order valence-corrected chi connectivity index (χ1v) is 5.51. The minimum absolute atomic E-state index is 0. The van der Waals surface area contributed by atoms with E-state index in [-0.39, 0.29) is 39.0 Å². The fourth-order valence-electron chi connectivity index (χ4n) is 0. The Balaban J connectivity index is -0.0000000270. The molecule has 0 amide bonds. The SMILES string of the molecule is O=[PH]([O-])[O-].O=[PH]([O-])[O-].O=[PH]([O-])[O-].[Rh+3].[Rh+3]. The fraction of sp³-hybridized carbons (Fsp3) is 0. The zero-order valence-corrected chi connectivity index (χ0v) is 12.1. The molecule has 0 aromatic heterocycles. The standard InChI is InChI=1S/3H3O3P.2Rh/c3*1-4(2)3;;/h3*4H,(H2,1,2,3);;/q;;;2*+3/p-6. The minimum Gasteiger partial charge on any atom is -0.813 e. The molecule has 0 spiro atoms. The Labute approximate surface area is 107 Å². The van der Waals surface area contributed by atoms with E-state index in [1.165, 1.54) is 0 Å². The van der Waals surface area contributed by atoms with Gasteiger partial charge < -0.3 is 43.1 Å². The third-order valence-electron chi connectivity index (χ3n) is 0. The minimum atomic E-state index is -3.63. The molecule has 9 nitrogen and oxygen atoms in total. The quantitative estimate of drug-likeness (QED) is 0.258. The summed E-state index contributed by atoms with van der Waals surface area (Å²) in [5.41, 5.74) is 0. The molecule has 0 unspecified atom stereocenters. The van der Waals surface area contributed by atoms with Gasteiger partial charge in [-0.05, 0) is 0 Å². The van der Waals surface area contributed by atoms with Gasteiger partial charge in [0.05, 0.1) is 0 Å². The van der Waals surface area contributed by atoms with E-state index in [4.69, 9.17) is 43.1 Å². The predicted molar refractivity (Wildman–Crippen MR) is 27.0 cm³/mol. The number of hydrogen-bond acceptors (Lipinski definition) is 9. The first-order valence-electron chi connectivity index (χ1n) is 1.84. The van der Waals surface area contributed by atoms with E-state index in [0.717, 1.165) is 0 Å². The maximum absolute atomic E-state index is 8.52. The van der Waals surface area contributed by atoms with Gasteiger partial charge in [-0.2, -0.15) is 0 Å². The summed E-state index contributed by atoms with van der Waals surface area (Å²) < 4.78 is 25.6. The molecule has 14 heavy (non-hydrogen) atoms. The van der Waals surface area contributed by atoms with Crippen LogP contribution in [0.25, 0.3) is 0 Å². The summed E-state index contributed by atoms with van der Waals surface area (Å²) in [5.74, 6) is 0. The van der Waals surface area contributed by atoms with E-state index in [0.29, 0.717) is 0 Å². The Morgan fingerprint density at radius 3 is 0.500 bits per heavy atom. The third kappa shape index (κ3) is 767. The van der Waals surface area contributed by atoms with Gasteiger partial charge in [-0.15, -0.1) is 0 Å². The van der Waals surface area contributed by atoms with Crippen molar-refractivity contribution < 1.29 is 82.0 Å². The normalized spacial score (nSPS) is 7.50. The third-order valence-corrected chi connectivity index (χ3v) is 0. The molecule has 90 valence electrons. The first-order chi connectivity index (χ1) is 5.20. The van der Waals surface area contributed by atoms with Crippen molar-refractivity contribution in [3.05, 3.63) is 0 Å². The van der Waals surface area contributed by atoms with Crippen molar-refractivity contribution >= 4 is 24.8 Å². The Morgan fingerprint density at radius 1 is 0.500 bits per heavy atom. The average molecular weight is 446 g/mol. The smallest absolute Gasteiger partial charge is 0.813 e. The predicted octanol–water partition coefficient (Wildman–Crippen LogP) is -5.71. The van der Waals surface area contributed by atoms with Gasteiger partial charge in [0, 0.05) is 0 Å². The van der Waals surface area contributed by atoms with Crippen molar-refractivity contribution in [1.82, 2.24) is 0 Å². The molecule has 0 saturated heterocycles. The molecule has 14 heteroatoms. The second-order valence-corrected chi connectivity index (χ2v) is 2.25. The number of rotatable bonds is 0. The van der Waals surface area contributed by atoms with E-state index >= 15 is 0 Å². The first kappa shape index (κ1) is 29.6. The van der Waals surface area contributed by atoms with Crippen LogP contribution in [0.1, 0.15) is 0 Å². The van der Waals surface area contributed by atoms with E-state index in [2.05, 4.69) is 0 Å². The van der Waals surface area contributed by atoms with Crippen LogP contribution in [0, 0.1) is 0 Å². The summed E-state index contributed by atoms with van der Waals surface area (Å²) in [5, 5.41) is 0. The summed E-state index contributed by atoms with van der Waals surface area (Å²) in [7, 11) is -10.9. The van der Waals surface area contributed by atoms with Crippen molar-refractivity contribution in [3.8, 4) is 0 Å². The summed E-state index contributed by atoms with van der Waals surface area (Å²) >= 11 is 0. The van der Waals surface area contributed by atoms with Gasteiger partial charge in [-0.3, -0.25) is 0 Å². The van der Waals surface area contributed by atoms with Crippen molar-refractivity contribution in [2.75, 3.05) is 0 Å².